The van der Waals surface area contributed by atoms with Gasteiger partial charge in [-0.2, -0.15) is 0 Å². The number of nitrogens with zero attached hydrogens (tertiary/aromatic N) is 2. The van der Waals surface area contributed by atoms with Gasteiger partial charge in [-0.15, -0.1) is 0 Å². The number of fused-ring (bicyclic) bond motifs is 1. The third-order valence-corrected chi connectivity index (χ3v) is 5.32. The van der Waals surface area contributed by atoms with Crippen LogP contribution in [0, 0.1) is 18.8 Å². The molecule has 0 unspecified atom stereocenters. The number of likely N-dealkylation sites (tertiary alicyclic amines) is 1. The van der Waals surface area contributed by atoms with Crippen molar-refractivity contribution in [1.82, 2.24) is 9.88 Å². The molecule has 27 heavy (non-hydrogen) atoms. The fourth-order valence-corrected chi connectivity index (χ4v) is 4.12. The second kappa shape index (κ2) is 8.07. The number of carbonyl (C=O) groups is 2. The molecule has 2 atom stereocenters. The fraction of sp³-hybridized carbons (Fsp3) is 0.500. The van der Waals surface area contributed by atoms with Crippen molar-refractivity contribution in [3.8, 4) is 0 Å². The van der Waals surface area contributed by atoms with Crippen molar-refractivity contribution in [2.24, 2.45) is 11.8 Å². The molecule has 1 aromatic carbocycles. The first kappa shape index (κ1) is 19.3. The quantitative estimate of drug-likeness (QED) is 0.771. The van der Waals surface area contributed by atoms with E-state index >= 15 is 0 Å². The summed E-state index contributed by atoms with van der Waals surface area (Å²) in [6.45, 7) is 9.47. The molecule has 0 saturated carbocycles. The number of para-hydroxylation sites is 1. The SMILES string of the molecule is CCc1nc2ccccc2c(C(=O)OCC(=O)N2C[C@@H](C)C[C@H](C)C2)c1C. The zero-order valence-electron chi connectivity index (χ0n) is 16.6. The maximum absolute atomic E-state index is 12.8. The standard InChI is InChI=1S/C22H28N2O3/c1-5-18-16(4)21(17-8-6-7-9-19(17)23-18)22(26)27-13-20(25)24-11-14(2)10-15(3)12-24/h6-9,14-15H,5,10-13H2,1-4H3/t14-,15-/m0/s1. The van der Waals surface area contributed by atoms with Gasteiger partial charge in [0.15, 0.2) is 6.61 Å². The van der Waals surface area contributed by atoms with Crippen LogP contribution in [0.5, 0.6) is 0 Å². The van der Waals surface area contributed by atoms with E-state index in [9.17, 15) is 9.59 Å². The van der Waals surface area contributed by atoms with Crippen molar-refractivity contribution < 1.29 is 14.3 Å². The predicted octanol–water partition coefficient (Wildman–Crippen LogP) is 3.77. The summed E-state index contributed by atoms with van der Waals surface area (Å²) in [4.78, 5) is 31.8. The smallest absolute Gasteiger partial charge is 0.339 e. The predicted molar refractivity (Wildman–Crippen MR) is 106 cm³/mol. The monoisotopic (exact) mass is 368 g/mol. The Morgan fingerprint density at radius 2 is 1.85 bits per heavy atom. The Balaban J connectivity index is 1.78. The van der Waals surface area contributed by atoms with Gasteiger partial charge < -0.3 is 9.64 Å². The van der Waals surface area contributed by atoms with Gasteiger partial charge in [-0.25, -0.2) is 4.79 Å². The van der Waals surface area contributed by atoms with Crippen LogP contribution in [0.3, 0.4) is 0 Å². The number of aryl methyl sites for hydroxylation is 1. The minimum absolute atomic E-state index is 0.117. The zero-order valence-corrected chi connectivity index (χ0v) is 16.6. The number of esters is 1. The van der Waals surface area contributed by atoms with Gasteiger partial charge in [0, 0.05) is 24.2 Å². The number of benzene rings is 1. The summed E-state index contributed by atoms with van der Waals surface area (Å²) in [6.07, 6.45) is 1.87. The van der Waals surface area contributed by atoms with Gasteiger partial charge in [-0.1, -0.05) is 39.0 Å². The summed E-state index contributed by atoms with van der Waals surface area (Å²) < 4.78 is 5.44. The lowest BCUT2D eigenvalue weighted by molar-refractivity contribution is -0.137. The number of piperidine rings is 1. The number of hydrogen-bond donors (Lipinski definition) is 0. The topological polar surface area (TPSA) is 59.5 Å². The van der Waals surface area contributed by atoms with Crippen LogP contribution in [0.4, 0.5) is 0 Å². The van der Waals surface area contributed by atoms with E-state index in [2.05, 4.69) is 18.8 Å². The lowest BCUT2D eigenvalue weighted by Crippen LogP contribution is -2.44. The molecule has 1 amide bonds. The molecule has 1 saturated heterocycles. The van der Waals surface area contributed by atoms with Crippen LogP contribution in [-0.2, 0) is 16.0 Å². The number of aromatic nitrogens is 1. The number of rotatable bonds is 4. The summed E-state index contributed by atoms with van der Waals surface area (Å²) >= 11 is 0. The van der Waals surface area contributed by atoms with E-state index < -0.39 is 5.97 Å². The van der Waals surface area contributed by atoms with E-state index in [0.29, 0.717) is 17.4 Å². The first-order valence-electron chi connectivity index (χ1n) is 9.73. The highest BCUT2D eigenvalue weighted by atomic mass is 16.5. The molecule has 2 aromatic rings. The molecule has 0 spiro atoms. The van der Waals surface area contributed by atoms with Crippen LogP contribution in [0.2, 0.25) is 0 Å². The molecule has 1 aromatic heterocycles. The molecule has 0 bridgehead atoms. The number of carbonyl (C=O) groups excluding carboxylic acids is 2. The Bertz CT molecular complexity index is 852. The van der Waals surface area contributed by atoms with Crippen molar-refractivity contribution in [3.05, 3.63) is 41.1 Å². The van der Waals surface area contributed by atoms with E-state index in [1.807, 2.05) is 43.0 Å². The number of ether oxygens (including phenoxy) is 1. The molecular formula is C22H28N2O3. The second-order valence-corrected chi connectivity index (χ2v) is 7.75. The van der Waals surface area contributed by atoms with Crippen molar-refractivity contribution in [3.63, 3.8) is 0 Å². The van der Waals surface area contributed by atoms with Gasteiger partial charge in [-0.05, 0) is 43.2 Å². The Labute approximate surface area is 160 Å². The van der Waals surface area contributed by atoms with Crippen LogP contribution in [0.25, 0.3) is 10.9 Å². The average Bonchev–Trinajstić information content (AvgIpc) is 2.64. The number of pyridine rings is 1. The highest BCUT2D eigenvalue weighted by Gasteiger charge is 2.26. The molecule has 1 aliphatic heterocycles. The first-order valence-corrected chi connectivity index (χ1v) is 9.73. The molecule has 0 radical (unpaired) electrons. The largest absolute Gasteiger partial charge is 0.452 e. The molecular weight excluding hydrogens is 340 g/mol. The Kier molecular flexibility index (Phi) is 5.78. The summed E-state index contributed by atoms with van der Waals surface area (Å²) in [5, 5.41) is 0.768. The third-order valence-electron chi connectivity index (χ3n) is 5.32. The summed E-state index contributed by atoms with van der Waals surface area (Å²) in [6, 6.07) is 7.56. The van der Waals surface area contributed by atoms with Gasteiger partial charge in [0.25, 0.3) is 5.91 Å². The highest BCUT2D eigenvalue weighted by molar-refractivity contribution is 6.05. The van der Waals surface area contributed by atoms with Crippen LogP contribution in [0.15, 0.2) is 24.3 Å². The number of hydrogen-bond acceptors (Lipinski definition) is 4. The van der Waals surface area contributed by atoms with Crippen LogP contribution >= 0.6 is 0 Å². The average molecular weight is 368 g/mol. The van der Waals surface area contributed by atoms with Crippen molar-refractivity contribution >= 4 is 22.8 Å². The maximum Gasteiger partial charge on any atom is 0.339 e. The first-order chi connectivity index (χ1) is 12.9. The van der Waals surface area contributed by atoms with E-state index in [1.54, 1.807) is 0 Å². The van der Waals surface area contributed by atoms with Crippen molar-refractivity contribution in [2.75, 3.05) is 19.7 Å². The van der Waals surface area contributed by atoms with Gasteiger partial charge in [0.05, 0.1) is 11.1 Å². The number of amides is 1. The Morgan fingerprint density at radius 3 is 2.52 bits per heavy atom. The summed E-state index contributed by atoms with van der Waals surface area (Å²) in [5.74, 6) is 0.388. The van der Waals surface area contributed by atoms with Gasteiger partial charge in [0.2, 0.25) is 0 Å². The van der Waals surface area contributed by atoms with Gasteiger partial charge >= 0.3 is 5.97 Å². The van der Waals surface area contributed by atoms with Crippen LogP contribution in [0.1, 0.15) is 48.8 Å². The Hall–Kier alpha value is -2.43. The van der Waals surface area contributed by atoms with E-state index in [1.165, 1.54) is 0 Å². The summed E-state index contributed by atoms with van der Waals surface area (Å²) in [7, 11) is 0. The highest BCUT2D eigenvalue weighted by Crippen LogP contribution is 2.25. The minimum Gasteiger partial charge on any atom is -0.452 e. The van der Waals surface area contributed by atoms with Crippen molar-refractivity contribution in [2.45, 2.75) is 40.5 Å². The third kappa shape index (κ3) is 4.12. The molecule has 144 valence electrons. The van der Waals surface area contributed by atoms with E-state index in [0.717, 1.165) is 48.1 Å². The molecule has 5 nitrogen and oxygen atoms in total. The van der Waals surface area contributed by atoms with Crippen LogP contribution < -0.4 is 0 Å². The van der Waals surface area contributed by atoms with Crippen molar-refractivity contribution in [1.29, 1.82) is 0 Å². The van der Waals surface area contributed by atoms with E-state index in [-0.39, 0.29) is 12.5 Å². The normalized spacial score (nSPS) is 19.9. The minimum atomic E-state index is -0.452. The molecule has 1 fully saturated rings. The molecule has 3 rings (SSSR count). The zero-order chi connectivity index (χ0) is 19.6. The maximum atomic E-state index is 12.8. The van der Waals surface area contributed by atoms with Crippen LogP contribution in [-0.4, -0.2) is 41.5 Å². The van der Waals surface area contributed by atoms with Gasteiger partial charge in [0.1, 0.15) is 0 Å². The second-order valence-electron chi connectivity index (χ2n) is 7.75. The molecule has 1 aliphatic rings. The molecule has 2 heterocycles. The fourth-order valence-electron chi connectivity index (χ4n) is 4.12. The molecule has 0 N–H and O–H groups in total. The Morgan fingerprint density at radius 1 is 1.19 bits per heavy atom. The molecule has 0 aliphatic carbocycles. The lowest BCUT2D eigenvalue weighted by atomic mass is 9.92. The van der Waals surface area contributed by atoms with E-state index in [4.69, 9.17) is 4.74 Å². The van der Waals surface area contributed by atoms with Gasteiger partial charge in [-0.3, -0.25) is 9.78 Å². The summed E-state index contributed by atoms with van der Waals surface area (Å²) in [5.41, 5.74) is 3.00. The lowest BCUT2D eigenvalue weighted by Gasteiger charge is -2.34. The molecule has 5 heteroatoms.